The molecule has 0 aliphatic carbocycles. The Kier molecular flexibility index (Phi) is 11.9. The number of hydrogen-bond acceptors (Lipinski definition) is 10. The van der Waals surface area contributed by atoms with E-state index in [0.29, 0.717) is 0 Å². The normalized spacial score (nSPS) is 21.0. The average molecular weight is 829 g/mol. The van der Waals surface area contributed by atoms with Crippen LogP contribution in [0.2, 0.25) is 0 Å². The number of halogens is 1. The number of furan rings is 2. The van der Waals surface area contributed by atoms with E-state index in [2.05, 4.69) is 59.7 Å². The Morgan fingerprint density at radius 2 is 0.839 bits per heavy atom. The fourth-order valence-corrected chi connectivity index (χ4v) is 6.67. The van der Waals surface area contributed by atoms with E-state index in [0.717, 1.165) is 54.1 Å². The summed E-state index contributed by atoms with van der Waals surface area (Å²) in [6.07, 6.45) is 3.55. The third-order valence-electron chi connectivity index (χ3n) is 11.7. The molecule has 4 aromatic heterocycles. The largest absolute Gasteiger partial charge is 0.494 e. The lowest BCUT2D eigenvalue weighted by molar-refractivity contribution is 0.00578. The molecule has 0 atom stereocenters. The Hall–Kier alpha value is -3.23. The Morgan fingerprint density at radius 3 is 1.27 bits per heavy atom. The fourth-order valence-electron chi connectivity index (χ4n) is 6.31. The van der Waals surface area contributed by atoms with Crippen molar-refractivity contribution < 1.29 is 36.8 Å². The van der Waals surface area contributed by atoms with Crippen LogP contribution < -0.4 is 5.46 Å². The smallest absolute Gasteiger partial charge is 0.454 e. The standard InChI is InChI=1S/C17H18BNO3.C12H24B2O4.C11H6BrNO.2CH4/c1-16(2)17(3,4)22-18(21-16)11-7-8-13-12(10-11)15-14(20-13)6-5-9-19-15;1-9(2)10(3,4)16-13(15-9)14-17-11(5,6)12(7,8)18-14;12-7-3-4-9-8(6-7)11-10(14-9)2-1-5-13-11;;/h5-10H,1-4H3;1-8H3;1-6H;2*1H4. The first-order valence-corrected chi connectivity index (χ1v) is 19.2. The number of hydrogen-bond donors (Lipinski definition) is 0. The van der Waals surface area contributed by atoms with Crippen molar-refractivity contribution >= 4 is 86.7 Å². The number of fused-ring (bicyclic) bond motifs is 6. The number of benzene rings is 2. The van der Waals surface area contributed by atoms with Gasteiger partial charge in [0.25, 0.3) is 0 Å². The summed E-state index contributed by atoms with van der Waals surface area (Å²) in [4.78, 5) is 8.71. The van der Waals surface area contributed by atoms with Gasteiger partial charge >= 0.3 is 21.1 Å². The Bertz CT molecular complexity index is 2260. The molecule has 0 amide bonds. The van der Waals surface area contributed by atoms with Crippen molar-refractivity contribution in [3.05, 3.63) is 77.5 Å². The lowest BCUT2D eigenvalue weighted by atomic mass is 9.49. The highest BCUT2D eigenvalue weighted by atomic mass is 79.9. The zero-order valence-electron chi connectivity index (χ0n) is 33.2. The molecule has 56 heavy (non-hydrogen) atoms. The lowest BCUT2D eigenvalue weighted by Crippen LogP contribution is -2.41. The van der Waals surface area contributed by atoms with Gasteiger partial charge in [-0.2, -0.15) is 0 Å². The summed E-state index contributed by atoms with van der Waals surface area (Å²) in [5, 5.41) is 2.04. The van der Waals surface area contributed by atoms with Gasteiger partial charge < -0.3 is 36.8 Å². The van der Waals surface area contributed by atoms with Gasteiger partial charge in [0.1, 0.15) is 22.2 Å². The molecule has 0 unspecified atom stereocenters. The zero-order valence-corrected chi connectivity index (χ0v) is 34.8. The van der Waals surface area contributed by atoms with E-state index >= 15 is 0 Å². The van der Waals surface area contributed by atoms with E-state index in [4.69, 9.17) is 36.8 Å². The van der Waals surface area contributed by atoms with Gasteiger partial charge in [-0.25, -0.2) is 0 Å². The average Bonchev–Trinajstić information content (AvgIpc) is 3.81. The topological polar surface area (TPSA) is 107 Å². The molecule has 0 spiro atoms. The third kappa shape index (κ3) is 7.95. The molecule has 2 aromatic carbocycles. The molecular formula is C42H56B3BrN2O8. The van der Waals surface area contributed by atoms with Gasteiger partial charge in [0.15, 0.2) is 11.2 Å². The number of nitrogens with zero attached hydrogens (tertiary/aromatic N) is 2. The zero-order chi connectivity index (χ0) is 39.1. The fraction of sp³-hybridized carbons (Fsp3) is 0.476. The minimum absolute atomic E-state index is 0. The summed E-state index contributed by atoms with van der Waals surface area (Å²) in [6.45, 7) is 24.4. The molecule has 298 valence electrons. The Morgan fingerprint density at radius 1 is 0.464 bits per heavy atom. The third-order valence-corrected chi connectivity index (χ3v) is 12.2. The Balaban J connectivity index is 0.000000162. The molecule has 14 heteroatoms. The molecule has 3 aliphatic rings. The lowest BCUT2D eigenvalue weighted by Gasteiger charge is -2.32. The molecule has 6 aromatic rings. The van der Waals surface area contributed by atoms with Crippen molar-refractivity contribution in [1.82, 2.24) is 9.97 Å². The van der Waals surface area contributed by atoms with E-state index < -0.39 is 14.0 Å². The number of pyridine rings is 2. The van der Waals surface area contributed by atoms with Crippen LogP contribution in [0.1, 0.15) is 97.9 Å². The van der Waals surface area contributed by atoms with Gasteiger partial charge in [-0.15, -0.1) is 0 Å². The van der Waals surface area contributed by atoms with Crippen LogP contribution in [0.4, 0.5) is 0 Å². The maximum atomic E-state index is 6.11. The van der Waals surface area contributed by atoms with Gasteiger partial charge in [-0.1, -0.05) is 36.8 Å². The van der Waals surface area contributed by atoms with Crippen LogP contribution in [0.3, 0.4) is 0 Å². The SMILES string of the molecule is Brc1ccc2oc3cccnc3c2c1.C.C.CC1(C)OB(B2OC(C)(C)C(C)(C)O2)OC1(C)C.CC1(C)OB(c2ccc3oc4cccnc4c3c2)OC1(C)C. The molecule has 9 rings (SSSR count). The van der Waals surface area contributed by atoms with E-state index in [1.165, 1.54) is 0 Å². The highest BCUT2D eigenvalue weighted by Gasteiger charge is 2.63. The molecule has 7 heterocycles. The predicted molar refractivity (Wildman–Crippen MR) is 232 cm³/mol. The maximum absolute atomic E-state index is 6.11. The summed E-state index contributed by atoms with van der Waals surface area (Å²) in [5.74, 6) is 0. The molecule has 3 aliphatic heterocycles. The van der Waals surface area contributed by atoms with E-state index in [9.17, 15) is 0 Å². The van der Waals surface area contributed by atoms with Crippen molar-refractivity contribution in [2.24, 2.45) is 0 Å². The van der Waals surface area contributed by atoms with E-state index in [1.54, 1.807) is 12.4 Å². The number of rotatable bonds is 2. The second-order valence-electron chi connectivity index (χ2n) is 17.1. The second kappa shape index (κ2) is 15.2. The molecule has 0 saturated carbocycles. The second-order valence-corrected chi connectivity index (χ2v) is 18.1. The van der Waals surface area contributed by atoms with Crippen molar-refractivity contribution in [1.29, 1.82) is 0 Å². The summed E-state index contributed by atoms with van der Waals surface area (Å²) in [7, 11) is -1.32. The summed E-state index contributed by atoms with van der Waals surface area (Å²) < 4.78 is 48.6. The van der Waals surface area contributed by atoms with Crippen LogP contribution in [0.15, 0.2) is 86.4 Å². The van der Waals surface area contributed by atoms with E-state index in [-0.39, 0.29) is 55.6 Å². The van der Waals surface area contributed by atoms with Crippen LogP contribution in [0, 0.1) is 0 Å². The van der Waals surface area contributed by atoms with Gasteiger partial charge in [-0.3, -0.25) is 9.97 Å². The quantitative estimate of drug-likeness (QED) is 0.157. The summed E-state index contributed by atoms with van der Waals surface area (Å²) in [6, 6.07) is 19.5. The minimum atomic E-state index is -0.476. The molecule has 0 radical (unpaired) electrons. The van der Waals surface area contributed by atoms with Crippen LogP contribution in [-0.4, -0.2) is 64.7 Å². The maximum Gasteiger partial charge on any atom is 0.494 e. The van der Waals surface area contributed by atoms with Gasteiger partial charge in [0.2, 0.25) is 0 Å². The summed E-state index contributed by atoms with van der Waals surface area (Å²) in [5.41, 5.74) is 3.98. The monoisotopic (exact) mass is 828 g/mol. The predicted octanol–water partition coefficient (Wildman–Crippen LogP) is 10.5. The number of aromatic nitrogens is 2. The highest BCUT2D eigenvalue weighted by molar-refractivity contribution is 9.10. The highest BCUT2D eigenvalue weighted by Crippen LogP contribution is 2.43. The van der Waals surface area contributed by atoms with Crippen LogP contribution in [-0.2, 0) is 27.9 Å². The first-order chi connectivity index (χ1) is 25.1. The molecule has 10 nitrogen and oxygen atoms in total. The van der Waals surface area contributed by atoms with Gasteiger partial charge in [0.05, 0.1) is 33.6 Å². The molecular weight excluding hydrogens is 773 g/mol. The minimum Gasteiger partial charge on any atom is -0.454 e. The molecule has 3 fully saturated rings. The van der Waals surface area contributed by atoms with Crippen molar-refractivity contribution in [3.8, 4) is 0 Å². The van der Waals surface area contributed by atoms with Crippen LogP contribution in [0.25, 0.3) is 44.1 Å². The van der Waals surface area contributed by atoms with Gasteiger partial charge in [-0.05, 0) is 143 Å². The van der Waals surface area contributed by atoms with E-state index in [1.807, 2.05) is 110 Å². The van der Waals surface area contributed by atoms with Gasteiger partial charge in [0, 0.05) is 27.6 Å². The first-order valence-electron chi connectivity index (χ1n) is 18.4. The van der Waals surface area contributed by atoms with Crippen molar-refractivity contribution in [2.75, 3.05) is 0 Å². The van der Waals surface area contributed by atoms with Crippen molar-refractivity contribution in [3.63, 3.8) is 0 Å². The first kappa shape index (κ1) is 43.9. The molecule has 0 N–H and O–H groups in total. The Labute approximate surface area is 341 Å². The molecule has 0 bridgehead atoms. The van der Waals surface area contributed by atoms with Crippen LogP contribution in [0.5, 0.6) is 0 Å². The van der Waals surface area contributed by atoms with Crippen LogP contribution >= 0.6 is 15.9 Å². The summed E-state index contributed by atoms with van der Waals surface area (Å²) >= 11 is 3.43. The molecule has 3 saturated heterocycles. The van der Waals surface area contributed by atoms with Crippen molar-refractivity contribution in [2.45, 2.75) is 132 Å².